The summed E-state index contributed by atoms with van der Waals surface area (Å²) >= 11 is 0. The van der Waals surface area contributed by atoms with Gasteiger partial charge in [-0.05, 0) is 61.1 Å². The van der Waals surface area contributed by atoms with E-state index in [1.54, 1.807) is 10.4 Å². The Morgan fingerprint density at radius 1 is 1.00 bits per heavy atom. The number of carbonyl (C=O) groups is 1. The lowest BCUT2D eigenvalue weighted by Gasteiger charge is -2.37. The van der Waals surface area contributed by atoms with Crippen LogP contribution in [0.3, 0.4) is 0 Å². The minimum absolute atomic E-state index is 0.0429. The van der Waals surface area contributed by atoms with E-state index in [-0.39, 0.29) is 11.9 Å². The molecule has 1 aliphatic carbocycles. The highest BCUT2D eigenvalue weighted by Gasteiger charge is 2.33. The fourth-order valence-corrected chi connectivity index (χ4v) is 5.94. The number of anilines is 1. The molecule has 1 atom stereocenters. The van der Waals surface area contributed by atoms with E-state index in [4.69, 9.17) is 0 Å². The summed E-state index contributed by atoms with van der Waals surface area (Å²) in [4.78, 5) is 15.3. The third kappa shape index (κ3) is 4.29. The average Bonchev–Trinajstić information content (AvgIpc) is 3.23. The van der Waals surface area contributed by atoms with Crippen LogP contribution >= 0.6 is 0 Å². The van der Waals surface area contributed by atoms with Crippen LogP contribution in [0.1, 0.15) is 30.9 Å². The van der Waals surface area contributed by atoms with Crippen LogP contribution < -0.4 is 5.32 Å². The van der Waals surface area contributed by atoms with Crippen molar-refractivity contribution in [2.24, 2.45) is 0 Å². The van der Waals surface area contributed by atoms with Gasteiger partial charge >= 0.3 is 0 Å². The first-order chi connectivity index (χ1) is 14.5. The van der Waals surface area contributed by atoms with E-state index < -0.39 is 10.0 Å². The highest BCUT2D eigenvalue weighted by Crippen LogP contribution is 2.27. The summed E-state index contributed by atoms with van der Waals surface area (Å²) in [6.45, 7) is 3.88. The Balaban J connectivity index is 1.40. The van der Waals surface area contributed by atoms with E-state index in [0.717, 1.165) is 24.9 Å². The Labute approximate surface area is 178 Å². The number of sulfonamides is 1. The number of piperazine rings is 1. The molecule has 7 heteroatoms. The maximum Gasteiger partial charge on any atom is 0.243 e. The van der Waals surface area contributed by atoms with Gasteiger partial charge in [0.05, 0.1) is 10.9 Å². The highest BCUT2D eigenvalue weighted by atomic mass is 32.2. The third-order valence-corrected chi connectivity index (χ3v) is 8.05. The van der Waals surface area contributed by atoms with Crippen molar-refractivity contribution < 1.29 is 13.2 Å². The minimum atomic E-state index is -3.50. The van der Waals surface area contributed by atoms with Gasteiger partial charge in [0.15, 0.2) is 0 Å². The molecule has 6 nitrogen and oxygen atoms in total. The first-order valence-corrected chi connectivity index (χ1v) is 12.1. The molecule has 1 saturated heterocycles. The van der Waals surface area contributed by atoms with Crippen LogP contribution in [0.5, 0.6) is 0 Å². The van der Waals surface area contributed by atoms with Crippen molar-refractivity contribution in [3.8, 4) is 0 Å². The molecule has 2 aliphatic rings. The molecule has 0 saturated carbocycles. The molecule has 0 bridgehead atoms. The number of aryl methyl sites for hydroxylation is 2. The van der Waals surface area contributed by atoms with Crippen molar-refractivity contribution in [3.63, 3.8) is 0 Å². The molecule has 2 aromatic carbocycles. The van der Waals surface area contributed by atoms with Gasteiger partial charge in [-0.2, -0.15) is 4.31 Å². The Hall–Kier alpha value is -2.22. The second-order valence-corrected chi connectivity index (χ2v) is 9.94. The predicted octanol–water partition coefficient (Wildman–Crippen LogP) is 2.90. The first-order valence-electron chi connectivity index (χ1n) is 10.7. The number of nitrogens with one attached hydrogen (secondary N) is 1. The van der Waals surface area contributed by atoms with Crippen LogP contribution in [-0.2, 0) is 27.7 Å². The lowest BCUT2D eigenvalue weighted by Crippen LogP contribution is -2.54. The van der Waals surface area contributed by atoms with E-state index in [9.17, 15) is 13.2 Å². The van der Waals surface area contributed by atoms with E-state index in [1.165, 1.54) is 11.1 Å². The van der Waals surface area contributed by atoms with Gasteiger partial charge in [-0.25, -0.2) is 8.42 Å². The fourth-order valence-electron chi connectivity index (χ4n) is 4.47. The number of fused-ring (bicyclic) bond motifs is 1. The van der Waals surface area contributed by atoms with Gasteiger partial charge in [0.2, 0.25) is 15.9 Å². The molecule has 30 heavy (non-hydrogen) atoms. The molecule has 1 fully saturated rings. The largest absolute Gasteiger partial charge is 0.325 e. The molecular formula is C23H29N3O3S. The molecule has 4 rings (SSSR count). The Kier molecular flexibility index (Phi) is 6.22. The van der Waals surface area contributed by atoms with Crippen molar-refractivity contribution in [2.45, 2.75) is 43.5 Å². The average molecular weight is 428 g/mol. The smallest absolute Gasteiger partial charge is 0.243 e. The van der Waals surface area contributed by atoms with E-state index >= 15 is 0 Å². The number of hydrogen-bond acceptors (Lipinski definition) is 4. The monoisotopic (exact) mass is 427 g/mol. The molecule has 160 valence electrons. The van der Waals surface area contributed by atoms with Gasteiger partial charge in [0.25, 0.3) is 0 Å². The molecule has 0 unspecified atom stereocenters. The van der Waals surface area contributed by atoms with Gasteiger partial charge in [-0.15, -0.1) is 0 Å². The summed E-state index contributed by atoms with van der Waals surface area (Å²) in [6.07, 6.45) is 3.77. The highest BCUT2D eigenvalue weighted by molar-refractivity contribution is 7.89. The van der Waals surface area contributed by atoms with Crippen molar-refractivity contribution in [1.82, 2.24) is 9.21 Å². The van der Waals surface area contributed by atoms with E-state index in [1.807, 2.05) is 49.4 Å². The van der Waals surface area contributed by atoms with E-state index in [2.05, 4.69) is 10.2 Å². The van der Waals surface area contributed by atoms with Crippen LogP contribution in [0.4, 0.5) is 5.69 Å². The van der Waals surface area contributed by atoms with Crippen LogP contribution in [0.25, 0.3) is 0 Å². The summed E-state index contributed by atoms with van der Waals surface area (Å²) in [6, 6.07) is 14.7. The van der Waals surface area contributed by atoms with Gasteiger partial charge < -0.3 is 5.32 Å². The molecule has 1 heterocycles. The topological polar surface area (TPSA) is 69.7 Å². The maximum absolute atomic E-state index is 13.1. The Morgan fingerprint density at radius 2 is 1.70 bits per heavy atom. The normalized spacial score (nSPS) is 18.7. The Morgan fingerprint density at radius 3 is 2.40 bits per heavy atom. The van der Waals surface area contributed by atoms with Crippen molar-refractivity contribution in [3.05, 3.63) is 59.7 Å². The molecule has 1 N–H and O–H groups in total. The van der Waals surface area contributed by atoms with Crippen molar-refractivity contribution in [2.75, 3.05) is 31.5 Å². The predicted molar refractivity (Wildman–Crippen MR) is 118 cm³/mol. The summed E-state index contributed by atoms with van der Waals surface area (Å²) in [5.41, 5.74) is 3.21. The fraction of sp³-hybridized carbons (Fsp3) is 0.435. The molecule has 0 spiro atoms. The molecular weight excluding hydrogens is 398 g/mol. The van der Waals surface area contributed by atoms with Crippen molar-refractivity contribution >= 4 is 21.6 Å². The zero-order valence-electron chi connectivity index (χ0n) is 17.4. The number of benzene rings is 2. The summed E-state index contributed by atoms with van der Waals surface area (Å²) < 4.78 is 27.8. The molecule has 2 aromatic rings. The number of rotatable bonds is 6. The second-order valence-electron chi connectivity index (χ2n) is 8.00. The first kappa shape index (κ1) is 21.0. The number of hydrogen-bond donors (Lipinski definition) is 1. The van der Waals surface area contributed by atoms with Gasteiger partial charge in [-0.3, -0.25) is 9.69 Å². The number of amides is 1. The number of para-hydroxylation sites is 1. The summed E-state index contributed by atoms with van der Waals surface area (Å²) in [5.74, 6) is -0.0429. The lowest BCUT2D eigenvalue weighted by atomic mass is 10.1. The maximum atomic E-state index is 13.1. The molecule has 0 aromatic heterocycles. The lowest BCUT2D eigenvalue weighted by molar-refractivity contribution is -0.121. The minimum Gasteiger partial charge on any atom is -0.325 e. The Bertz CT molecular complexity index is 1000. The van der Waals surface area contributed by atoms with Crippen LogP contribution in [0, 0.1) is 0 Å². The number of nitrogens with zero attached hydrogens (tertiary/aromatic N) is 2. The standard InChI is InChI=1S/C23H29N3O3S/c1-2-22(23(27)24-20-9-4-3-5-10-20)25-13-15-26(16-14-25)30(28,29)21-12-11-18-7-6-8-19(18)17-21/h3-5,9-12,17,22H,2,6-8,13-16H2,1H3,(H,24,27)/t22-/m1/s1. The van der Waals surface area contributed by atoms with Crippen LogP contribution in [-0.4, -0.2) is 55.8 Å². The zero-order chi connectivity index (χ0) is 21.1. The van der Waals surface area contributed by atoms with Gasteiger partial charge in [0, 0.05) is 31.9 Å². The van der Waals surface area contributed by atoms with Gasteiger partial charge in [0.1, 0.15) is 0 Å². The summed E-state index contributed by atoms with van der Waals surface area (Å²) in [7, 11) is -3.50. The van der Waals surface area contributed by atoms with Crippen molar-refractivity contribution in [1.29, 1.82) is 0 Å². The quantitative estimate of drug-likeness (QED) is 0.770. The summed E-state index contributed by atoms with van der Waals surface area (Å²) in [5, 5.41) is 2.97. The SMILES string of the molecule is CC[C@H](C(=O)Nc1ccccc1)N1CCN(S(=O)(=O)c2ccc3c(c2)CCC3)CC1. The zero-order valence-corrected chi connectivity index (χ0v) is 18.2. The van der Waals surface area contributed by atoms with Crippen LogP contribution in [0.2, 0.25) is 0 Å². The third-order valence-electron chi connectivity index (χ3n) is 6.15. The van der Waals surface area contributed by atoms with E-state index in [0.29, 0.717) is 37.5 Å². The molecule has 1 aliphatic heterocycles. The van der Waals surface area contributed by atoms with Crippen LogP contribution in [0.15, 0.2) is 53.4 Å². The molecule has 0 radical (unpaired) electrons. The number of carbonyl (C=O) groups excluding carboxylic acids is 1. The molecule has 1 amide bonds. The van der Waals surface area contributed by atoms with Gasteiger partial charge in [-0.1, -0.05) is 31.2 Å². The second kappa shape index (κ2) is 8.88.